The van der Waals surface area contributed by atoms with Gasteiger partial charge in [-0.15, -0.1) is 23.1 Å². The minimum absolute atomic E-state index is 0.0141. The third-order valence-electron chi connectivity index (χ3n) is 21.2. The number of aliphatic hydroxyl groups excluding tert-OH is 2. The molecule has 6 atom stereocenters. The highest BCUT2D eigenvalue weighted by Gasteiger charge is 2.49. The van der Waals surface area contributed by atoms with Crippen molar-refractivity contribution in [3.8, 4) is 21.9 Å². The van der Waals surface area contributed by atoms with Crippen LogP contribution < -0.4 is 35.0 Å². The second-order valence-electron chi connectivity index (χ2n) is 30.8. The van der Waals surface area contributed by atoms with Gasteiger partial charge in [-0.3, -0.25) is 33.8 Å². The normalized spacial score (nSPS) is 19.8. The van der Waals surface area contributed by atoms with Gasteiger partial charge in [-0.25, -0.2) is 26.5 Å². The molecule has 6 heterocycles. The molecule has 1 unspecified atom stereocenters. The van der Waals surface area contributed by atoms with Crippen molar-refractivity contribution < 1.29 is 73.7 Å². The number of carbonyl (C=O) groups excluding carboxylic acids is 5. The van der Waals surface area contributed by atoms with Crippen LogP contribution in [-0.4, -0.2) is 201 Å². The number of likely N-dealkylation sites (tertiary alicyclic amines) is 1. The highest BCUT2D eigenvalue weighted by molar-refractivity contribution is 7.99. The van der Waals surface area contributed by atoms with Gasteiger partial charge < -0.3 is 50.3 Å². The number of benzene rings is 5. The number of carbonyl (C=O) groups is 5. The maximum atomic E-state index is 14.7. The number of anilines is 2. The smallest absolute Gasteiger partial charge is 0.489 e. The standard InChI is InChI=1S/C78H94ClF3N10O13S4/c1-76(2,3)72(75(99)92-43-56(94)38-68(92)85-74(98)61(44-93)50-18-23-59-65(36-50)105-46-63-71(59)107-48-83-63)86-69(95)14-10-7-11-15-70(96)90-33-30-88(31-34-90)29-27-54(47-106-57-12-8-6-9-13-57)84-62-24-22-58(39-67(62)108(100,101)78(80,81)82)109(102,103)87-73(97)51-19-25-64-66(37-51)104-45-55-42-89(32-35-91(55)64)41-52-26-28-77(4,5)40-60(52)49-16-20-53(79)21-17-49/h6,8-9,12-13,16-25,36-37,39,48,54-56,61,68,72,84,93-94H,7,10-11,14-15,26-35,38,40-47H2,1-5H3,(H,85,98)(H,86,95)(H,87,97)/t54-,55+,56-,61?,68+,72-/m1/s1. The first-order chi connectivity index (χ1) is 51.8. The maximum Gasteiger partial charge on any atom is 0.501 e. The third kappa shape index (κ3) is 19.4. The number of hydrogen-bond donors (Lipinski definition) is 6. The Balaban J connectivity index is 0.615. The lowest BCUT2D eigenvalue weighted by Crippen LogP contribution is -2.58. The predicted molar refractivity (Wildman–Crippen MR) is 413 cm³/mol. The third-order valence-corrected chi connectivity index (χ3v) is 26.4. The average molecular weight is 1600 g/mol. The van der Waals surface area contributed by atoms with E-state index in [0.29, 0.717) is 93.3 Å². The number of rotatable bonds is 27. The summed E-state index contributed by atoms with van der Waals surface area (Å²) in [6, 6.07) is 27.6. The number of unbranched alkanes of at least 4 members (excludes halogenated alkanes) is 2. The van der Waals surface area contributed by atoms with Crippen molar-refractivity contribution in [1.82, 2.24) is 39.9 Å². The molecule has 5 amide bonds. The van der Waals surface area contributed by atoms with Crippen molar-refractivity contribution in [2.45, 2.75) is 162 Å². The van der Waals surface area contributed by atoms with Crippen LogP contribution in [-0.2, 0) is 45.6 Å². The minimum atomic E-state index is -6.21. The second-order valence-corrected chi connectivity index (χ2v) is 36.7. The van der Waals surface area contributed by atoms with Gasteiger partial charge in [0.15, 0.2) is 0 Å². The number of aromatic nitrogens is 1. The Morgan fingerprint density at radius 2 is 1.58 bits per heavy atom. The van der Waals surface area contributed by atoms with Crippen LogP contribution in [0.1, 0.15) is 132 Å². The lowest BCUT2D eigenvalue weighted by Gasteiger charge is -2.46. The molecule has 0 bridgehead atoms. The molecular formula is C78H94ClF3N10O13S4. The number of β-amino-alcohol motifs (C(OH)–C–C–N with tert-alkyl or cyclic N) is 1. The van der Waals surface area contributed by atoms with Gasteiger partial charge in [-0.1, -0.05) is 94.6 Å². The van der Waals surface area contributed by atoms with Crippen LogP contribution in [0, 0.1) is 10.8 Å². The van der Waals surface area contributed by atoms with Gasteiger partial charge in [-0.05, 0) is 139 Å². The molecule has 6 aromatic rings. The fourth-order valence-corrected chi connectivity index (χ4v) is 19.0. The van der Waals surface area contributed by atoms with E-state index in [9.17, 15) is 64.2 Å². The van der Waals surface area contributed by atoms with E-state index in [2.05, 4.69) is 61.6 Å². The summed E-state index contributed by atoms with van der Waals surface area (Å²) in [5.41, 5.74) is 1.48. The number of thiazole rings is 1. The number of thioether (sulfide) groups is 1. The highest BCUT2D eigenvalue weighted by atomic mass is 35.5. The Morgan fingerprint density at radius 1 is 0.835 bits per heavy atom. The largest absolute Gasteiger partial charge is 0.501 e. The Hall–Kier alpha value is -7.81. The number of ether oxygens (including phenoxy) is 2. The quantitative estimate of drug-likeness (QED) is 0.0206. The van der Waals surface area contributed by atoms with Crippen LogP contribution in [0.2, 0.25) is 5.02 Å². The molecule has 1 aliphatic carbocycles. The molecule has 23 nitrogen and oxygen atoms in total. The first kappa shape index (κ1) is 80.7. The fraction of sp³-hybridized carbons (Fsp3) is 0.487. The van der Waals surface area contributed by atoms with Gasteiger partial charge >= 0.3 is 5.51 Å². The number of hydrogen-bond acceptors (Lipinski definition) is 20. The van der Waals surface area contributed by atoms with Crippen LogP contribution in [0.15, 0.2) is 135 Å². The molecule has 6 N–H and O–H groups in total. The summed E-state index contributed by atoms with van der Waals surface area (Å²) in [6.45, 7) is 14.9. The molecule has 3 fully saturated rings. The van der Waals surface area contributed by atoms with Crippen LogP contribution >= 0.6 is 34.7 Å². The van der Waals surface area contributed by atoms with E-state index in [1.807, 2.05) is 53.3 Å². The van der Waals surface area contributed by atoms with E-state index in [0.717, 1.165) is 77.7 Å². The number of fused-ring (bicyclic) bond motifs is 6. The number of nitrogens with one attached hydrogen (secondary N) is 4. The van der Waals surface area contributed by atoms with Crippen LogP contribution in [0.25, 0.3) is 16.0 Å². The Kier molecular flexibility index (Phi) is 25.2. The molecule has 0 spiro atoms. The molecular weight excluding hydrogens is 1510 g/mol. The summed E-state index contributed by atoms with van der Waals surface area (Å²) in [4.78, 5) is 82.9. The van der Waals surface area contributed by atoms with Crippen LogP contribution in [0.4, 0.5) is 24.5 Å². The number of sulfonamides is 1. The number of halogens is 4. The van der Waals surface area contributed by atoms with Crippen molar-refractivity contribution in [2.24, 2.45) is 10.8 Å². The summed E-state index contributed by atoms with van der Waals surface area (Å²) < 4.78 is 113. The molecule has 3 saturated heterocycles. The highest BCUT2D eigenvalue weighted by Crippen LogP contribution is 2.46. The molecule has 12 rings (SSSR count). The molecule has 5 aliphatic heterocycles. The van der Waals surface area contributed by atoms with Gasteiger partial charge in [0.25, 0.3) is 25.8 Å². The number of aliphatic hydroxyl groups is 2. The number of amides is 5. The zero-order valence-electron chi connectivity index (χ0n) is 61.6. The van der Waals surface area contributed by atoms with E-state index in [-0.39, 0.29) is 73.4 Å². The number of allylic oxidation sites excluding steroid dienone is 1. The van der Waals surface area contributed by atoms with Crippen molar-refractivity contribution in [2.75, 3.05) is 94.6 Å². The zero-order valence-corrected chi connectivity index (χ0v) is 65.6. The van der Waals surface area contributed by atoms with Gasteiger partial charge in [0, 0.05) is 118 Å². The van der Waals surface area contributed by atoms with E-state index >= 15 is 0 Å². The molecule has 0 saturated carbocycles. The van der Waals surface area contributed by atoms with Gasteiger partial charge in [0.2, 0.25) is 23.6 Å². The molecule has 31 heteroatoms. The molecule has 5 aromatic carbocycles. The van der Waals surface area contributed by atoms with Crippen molar-refractivity contribution in [3.63, 3.8) is 0 Å². The summed E-state index contributed by atoms with van der Waals surface area (Å²) in [5.74, 6) is -2.49. The monoisotopic (exact) mass is 1600 g/mol. The maximum absolute atomic E-state index is 14.7. The van der Waals surface area contributed by atoms with E-state index in [4.69, 9.17) is 21.1 Å². The van der Waals surface area contributed by atoms with E-state index in [1.54, 1.807) is 49.4 Å². The molecule has 0 radical (unpaired) electrons. The Bertz CT molecular complexity index is 4600. The first-order valence-electron chi connectivity index (χ1n) is 36.9. The van der Waals surface area contributed by atoms with Crippen LogP contribution in [0.5, 0.6) is 11.5 Å². The number of nitrogens with zero attached hydrogens (tertiary/aromatic N) is 6. The number of piperazine rings is 2. The molecule has 109 heavy (non-hydrogen) atoms. The zero-order chi connectivity index (χ0) is 77.7. The lowest BCUT2D eigenvalue weighted by atomic mass is 9.72. The number of sulfone groups is 1. The predicted octanol–water partition coefficient (Wildman–Crippen LogP) is 10.7. The second kappa shape index (κ2) is 34.0. The van der Waals surface area contributed by atoms with E-state index in [1.165, 1.54) is 56.8 Å². The van der Waals surface area contributed by atoms with E-state index < -0.39 is 101 Å². The van der Waals surface area contributed by atoms with Gasteiger partial charge in [0.05, 0.1) is 57.0 Å². The summed E-state index contributed by atoms with van der Waals surface area (Å²) in [7, 11) is -11.2. The molecule has 6 aliphatic rings. The van der Waals surface area contributed by atoms with Crippen molar-refractivity contribution >= 4 is 101 Å². The SMILES string of the molecule is CC1(C)CCC(CN2CCN3c4ccc(C(=O)NS(=O)(=O)c5ccc(N[C@H](CCN6CCN(C(=O)CCCCCC(=O)N[C@H](C(=O)N7C[C@H](O)C[C@H]7NC(=O)C(CO)c7ccc8c(c7)OCc7ncsc7-8)C(C)(C)C)CC6)CSc6ccccc6)c(S(=O)(=O)C(F)(F)F)c5)cc4OC[C@@H]3C2)=C(c2ccc(Cl)cc2)C1. The number of alkyl halides is 3. The molecule has 1 aromatic heterocycles. The molecule has 586 valence electrons. The first-order valence-corrected chi connectivity index (χ1v) is 42.1. The minimum Gasteiger partial charge on any atom is -0.489 e. The summed E-state index contributed by atoms with van der Waals surface area (Å²) in [6.07, 6.45) is 3.17. The van der Waals surface area contributed by atoms with Gasteiger partial charge in [0.1, 0.15) is 41.8 Å². The van der Waals surface area contributed by atoms with Crippen molar-refractivity contribution in [1.29, 1.82) is 0 Å². The average Bonchev–Trinajstić information content (AvgIpc) is 1.28. The fourth-order valence-electron chi connectivity index (χ4n) is 15.1. The Morgan fingerprint density at radius 3 is 2.31 bits per heavy atom. The van der Waals surface area contributed by atoms with Gasteiger partial charge in [-0.2, -0.15) is 13.2 Å². The summed E-state index contributed by atoms with van der Waals surface area (Å²) in [5, 5.41) is 30.7. The topological polar surface area (TPSA) is 290 Å². The Labute approximate surface area is 647 Å². The lowest BCUT2D eigenvalue weighted by molar-refractivity contribution is -0.142. The summed E-state index contributed by atoms with van der Waals surface area (Å²) >= 11 is 9.12. The van der Waals surface area contributed by atoms with Crippen LogP contribution in [0.3, 0.4) is 0 Å². The van der Waals surface area contributed by atoms with Crippen molar-refractivity contribution in [3.05, 3.63) is 148 Å².